The zero-order valence-electron chi connectivity index (χ0n) is 13.2. The highest BCUT2D eigenvalue weighted by Crippen LogP contribution is 2.31. The number of nitrogens with zero attached hydrogens (tertiary/aromatic N) is 1. The van der Waals surface area contributed by atoms with Gasteiger partial charge in [0.25, 0.3) is 0 Å². The first-order valence-corrected chi connectivity index (χ1v) is 8.30. The Bertz CT molecular complexity index is 753. The number of hydrogen-bond donors (Lipinski definition) is 0. The lowest BCUT2D eigenvalue weighted by Gasteiger charge is -2.24. The molecule has 0 spiro atoms. The van der Waals surface area contributed by atoms with Crippen molar-refractivity contribution < 1.29 is 35.3 Å². The minimum Gasteiger partial charge on any atom is -0.444 e. The van der Waals surface area contributed by atoms with Crippen molar-refractivity contribution in [3.05, 3.63) is 29.3 Å². The molecule has 0 N–H and O–H groups in total. The van der Waals surface area contributed by atoms with Crippen LogP contribution in [0.5, 0.6) is 5.75 Å². The fourth-order valence-corrected chi connectivity index (χ4v) is 2.50. The van der Waals surface area contributed by atoms with Gasteiger partial charge in [-0.05, 0) is 44.0 Å². The van der Waals surface area contributed by atoms with Gasteiger partial charge in [-0.3, -0.25) is 4.90 Å². The van der Waals surface area contributed by atoms with Crippen molar-refractivity contribution in [1.29, 1.82) is 0 Å². The zero-order valence-corrected chi connectivity index (χ0v) is 14.0. The standard InChI is InChI=1S/C14H16F3NO5S/c1-13(2,3)22-12(19)18-7-9-4-5-11(6-10(9)8-18)23-24(20,21)14(15,16)17/h4-6H,7-8H2,1-3H3. The molecule has 24 heavy (non-hydrogen) atoms. The van der Waals surface area contributed by atoms with Crippen LogP contribution in [-0.2, 0) is 27.9 Å². The third-order valence-corrected chi connectivity index (χ3v) is 4.02. The molecule has 0 radical (unpaired) electrons. The summed E-state index contributed by atoms with van der Waals surface area (Å²) in [5.74, 6) is -0.461. The van der Waals surface area contributed by atoms with E-state index in [-0.39, 0.29) is 13.1 Å². The number of hydrogen-bond acceptors (Lipinski definition) is 5. The summed E-state index contributed by atoms with van der Waals surface area (Å²) in [6, 6.07) is 3.70. The molecule has 0 fully saturated rings. The Morgan fingerprint density at radius 1 is 1.12 bits per heavy atom. The van der Waals surface area contributed by atoms with Gasteiger partial charge < -0.3 is 8.92 Å². The third-order valence-electron chi connectivity index (χ3n) is 3.04. The van der Waals surface area contributed by atoms with Crippen LogP contribution < -0.4 is 4.18 Å². The molecule has 0 unspecified atom stereocenters. The van der Waals surface area contributed by atoms with Crippen molar-refractivity contribution in [3.8, 4) is 5.75 Å². The van der Waals surface area contributed by atoms with Crippen LogP contribution in [0.1, 0.15) is 31.9 Å². The van der Waals surface area contributed by atoms with Crippen LogP contribution in [0.4, 0.5) is 18.0 Å². The summed E-state index contributed by atoms with van der Waals surface area (Å²) in [7, 11) is -5.73. The van der Waals surface area contributed by atoms with Crippen molar-refractivity contribution in [3.63, 3.8) is 0 Å². The maximum absolute atomic E-state index is 12.3. The van der Waals surface area contributed by atoms with Gasteiger partial charge in [0.15, 0.2) is 0 Å². The maximum Gasteiger partial charge on any atom is 0.534 e. The highest BCUT2D eigenvalue weighted by Gasteiger charge is 2.48. The van der Waals surface area contributed by atoms with Gasteiger partial charge in [-0.1, -0.05) is 6.07 Å². The Hall–Kier alpha value is -1.97. The first-order valence-electron chi connectivity index (χ1n) is 6.89. The Morgan fingerprint density at radius 3 is 2.25 bits per heavy atom. The minimum atomic E-state index is -5.73. The molecule has 0 atom stereocenters. The van der Waals surface area contributed by atoms with E-state index in [1.54, 1.807) is 20.8 Å². The summed E-state index contributed by atoms with van der Waals surface area (Å²) in [5, 5.41) is 0. The maximum atomic E-state index is 12.3. The van der Waals surface area contributed by atoms with Crippen molar-refractivity contribution >= 4 is 16.2 Å². The summed E-state index contributed by atoms with van der Waals surface area (Å²) in [6.45, 7) is 5.44. The second-order valence-electron chi connectivity index (χ2n) is 6.25. The lowest BCUT2D eigenvalue weighted by molar-refractivity contribution is -0.0500. The monoisotopic (exact) mass is 367 g/mol. The molecule has 2 rings (SSSR count). The Balaban J connectivity index is 2.14. The van der Waals surface area contributed by atoms with Crippen LogP contribution in [0.25, 0.3) is 0 Å². The van der Waals surface area contributed by atoms with Gasteiger partial charge in [0, 0.05) is 13.1 Å². The van der Waals surface area contributed by atoms with E-state index in [2.05, 4.69) is 4.18 Å². The second kappa shape index (κ2) is 5.83. The number of rotatable bonds is 2. The molecular weight excluding hydrogens is 351 g/mol. The highest BCUT2D eigenvalue weighted by molar-refractivity contribution is 7.88. The summed E-state index contributed by atoms with van der Waals surface area (Å²) in [6.07, 6.45) is -0.566. The zero-order chi connectivity index (χ0) is 18.3. The normalized spacial score (nSPS) is 15.2. The number of carbonyl (C=O) groups excluding carboxylic acids is 1. The quantitative estimate of drug-likeness (QED) is 0.593. The average Bonchev–Trinajstić information content (AvgIpc) is 2.78. The molecule has 0 aromatic heterocycles. The lowest BCUT2D eigenvalue weighted by atomic mass is 10.1. The molecule has 0 saturated carbocycles. The van der Waals surface area contributed by atoms with Crippen LogP contribution in [0.3, 0.4) is 0 Å². The molecule has 1 aliphatic heterocycles. The molecule has 134 valence electrons. The fraction of sp³-hybridized carbons (Fsp3) is 0.500. The van der Waals surface area contributed by atoms with Crippen LogP contribution >= 0.6 is 0 Å². The fourth-order valence-electron chi connectivity index (χ4n) is 2.05. The Kier molecular flexibility index (Phi) is 4.47. The number of amides is 1. The number of fused-ring (bicyclic) bond motifs is 1. The van der Waals surface area contributed by atoms with E-state index < -0.39 is 33.1 Å². The molecule has 0 saturated heterocycles. The first kappa shape index (κ1) is 18.4. The summed E-state index contributed by atoms with van der Waals surface area (Å²) >= 11 is 0. The van der Waals surface area contributed by atoms with Gasteiger partial charge in [0.2, 0.25) is 0 Å². The Labute approximate surface area is 137 Å². The molecule has 1 aromatic rings. The first-order chi connectivity index (χ1) is 10.8. The van der Waals surface area contributed by atoms with Crippen LogP contribution in [-0.4, -0.2) is 30.5 Å². The average molecular weight is 367 g/mol. The van der Waals surface area contributed by atoms with E-state index in [9.17, 15) is 26.4 Å². The highest BCUT2D eigenvalue weighted by atomic mass is 32.2. The minimum absolute atomic E-state index is 0.0908. The number of alkyl halides is 3. The van der Waals surface area contributed by atoms with Crippen molar-refractivity contribution in [2.75, 3.05) is 0 Å². The molecule has 1 heterocycles. The van der Waals surface area contributed by atoms with Crippen molar-refractivity contribution in [2.45, 2.75) is 45.0 Å². The largest absolute Gasteiger partial charge is 0.534 e. The van der Waals surface area contributed by atoms with E-state index in [1.165, 1.54) is 17.0 Å². The lowest BCUT2D eigenvalue weighted by Crippen LogP contribution is -2.33. The van der Waals surface area contributed by atoms with Gasteiger partial charge in [-0.15, -0.1) is 0 Å². The predicted octanol–water partition coefficient (Wildman–Crippen LogP) is 3.17. The van der Waals surface area contributed by atoms with E-state index in [0.29, 0.717) is 11.1 Å². The molecule has 1 amide bonds. The number of benzene rings is 1. The Morgan fingerprint density at radius 2 is 1.71 bits per heavy atom. The molecule has 0 bridgehead atoms. The number of carbonyl (C=O) groups is 1. The summed E-state index contributed by atoms with van der Waals surface area (Å²) in [5.41, 5.74) is -5.01. The molecule has 1 aliphatic rings. The van der Waals surface area contributed by atoms with Crippen molar-refractivity contribution in [2.24, 2.45) is 0 Å². The number of halogens is 3. The topological polar surface area (TPSA) is 72.9 Å². The van der Waals surface area contributed by atoms with Gasteiger partial charge in [-0.2, -0.15) is 21.6 Å². The molecule has 6 nitrogen and oxygen atoms in total. The number of ether oxygens (including phenoxy) is 1. The van der Waals surface area contributed by atoms with Gasteiger partial charge >= 0.3 is 21.7 Å². The van der Waals surface area contributed by atoms with E-state index in [4.69, 9.17) is 4.74 Å². The van der Waals surface area contributed by atoms with Gasteiger partial charge in [-0.25, -0.2) is 4.79 Å². The molecule has 1 aromatic carbocycles. The second-order valence-corrected chi connectivity index (χ2v) is 7.79. The van der Waals surface area contributed by atoms with Gasteiger partial charge in [0.05, 0.1) is 0 Å². The third kappa shape index (κ3) is 4.11. The predicted molar refractivity (Wildman–Crippen MR) is 77.5 cm³/mol. The van der Waals surface area contributed by atoms with Crippen molar-refractivity contribution in [1.82, 2.24) is 4.90 Å². The van der Waals surface area contributed by atoms with E-state index in [1.807, 2.05) is 0 Å². The molecular formula is C14H16F3NO5S. The summed E-state index contributed by atoms with van der Waals surface area (Å²) in [4.78, 5) is 13.4. The van der Waals surface area contributed by atoms with Crippen LogP contribution in [0, 0.1) is 0 Å². The van der Waals surface area contributed by atoms with Gasteiger partial charge in [0.1, 0.15) is 11.4 Å². The van der Waals surface area contributed by atoms with E-state index >= 15 is 0 Å². The van der Waals surface area contributed by atoms with Crippen LogP contribution in [0.15, 0.2) is 18.2 Å². The molecule has 10 heteroatoms. The SMILES string of the molecule is CC(C)(C)OC(=O)N1Cc2ccc(OS(=O)(=O)C(F)(F)F)cc2C1. The van der Waals surface area contributed by atoms with E-state index in [0.717, 1.165) is 6.07 Å². The molecule has 0 aliphatic carbocycles. The van der Waals surface area contributed by atoms with Crippen LogP contribution in [0.2, 0.25) is 0 Å². The summed E-state index contributed by atoms with van der Waals surface area (Å²) < 4.78 is 68.3. The smallest absolute Gasteiger partial charge is 0.444 e.